The first-order chi connectivity index (χ1) is 16.4. The maximum atomic E-state index is 13.4. The van der Waals surface area contributed by atoms with E-state index in [-0.39, 0.29) is 30.1 Å². The molecule has 0 aliphatic carbocycles. The Balaban J connectivity index is 2.57. The van der Waals surface area contributed by atoms with Crippen molar-refractivity contribution in [3.8, 4) is 0 Å². The second-order valence-electron chi connectivity index (χ2n) is 10.2. The Morgan fingerprint density at radius 1 is 1.06 bits per heavy atom. The van der Waals surface area contributed by atoms with Crippen LogP contribution in [0.25, 0.3) is 0 Å². The van der Waals surface area contributed by atoms with E-state index in [0.29, 0.717) is 13.0 Å². The lowest BCUT2D eigenvalue weighted by molar-refractivity contribution is -0.384. The lowest BCUT2D eigenvalue weighted by Gasteiger charge is -2.33. The number of anilines is 1. The highest BCUT2D eigenvalue weighted by Crippen LogP contribution is 2.33. The van der Waals surface area contributed by atoms with E-state index in [9.17, 15) is 19.7 Å². The Bertz CT molecular complexity index is 1040. The summed E-state index contributed by atoms with van der Waals surface area (Å²) in [5.74, 6) is -0.679. The molecule has 0 heterocycles. The summed E-state index contributed by atoms with van der Waals surface area (Å²) < 4.78 is 5.39. The fourth-order valence-electron chi connectivity index (χ4n) is 3.98. The van der Waals surface area contributed by atoms with Gasteiger partial charge in [0.1, 0.15) is 0 Å². The average molecular weight is 483 g/mol. The molecule has 2 aromatic carbocycles. The molecule has 7 nitrogen and oxygen atoms in total. The van der Waals surface area contributed by atoms with Crippen LogP contribution in [-0.4, -0.2) is 30.0 Å². The van der Waals surface area contributed by atoms with Crippen LogP contribution in [0.4, 0.5) is 11.4 Å². The first kappa shape index (κ1) is 28.0. The lowest BCUT2D eigenvalue weighted by atomic mass is 9.89. The largest absolute Gasteiger partial charge is 0.466 e. The van der Waals surface area contributed by atoms with Crippen LogP contribution in [0.2, 0.25) is 0 Å². The van der Waals surface area contributed by atoms with Crippen molar-refractivity contribution in [3.05, 3.63) is 69.3 Å². The van der Waals surface area contributed by atoms with Gasteiger partial charge in [0.05, 0.1) is 17.4 Å². The summed E-state index contributed by atoms with van der Waals surface area (Å²) >= 11 is 0. The van der Waals surface area contributed by atoms with Crippen LogP contribution in [-0.2, 0) is 27.2 Å². The van der Waals surface area contributed by atoms with Gasteiger partial charge >= 0.3 is 5.97 Å². The molecule has 0 aliphatic rings. The maximum absolute atomic E-state index is 13.4. The summed E-state index contributed by atoms with van der Waals surface area (Å²) in [6, 6.07) is 12.1. The van der Waals surface area contributed by atoms with Gasteiger partial charge in [-0.3, -0.25) is 19.7 Å². The Labute approximate surface area is 208 Å². The predicted octanol–water partition coefficient (Wildman–Crippen LogP) is 6.08. The number of nitro groups is 1. The number of aryl methyl sites for hydroxylation is 1. The highest BCUT2D eigenvalue weighted by molar-refractivity contribution is 5.98. The normalized spacial score (nSPS) is 12.3. The molecule has 2 aromatic rings. The third kappa shape index (κ3) is 7.38. The molecule has 0 bridgehead atoms. The van der Waals surface area contributed by atoms with Crippen molar-refractivity contribution in [1.82, 2.24) is 0 Å². The van der Waals surface area contributed by atoms with Crippen molar-refractivity contribution in [1.29, 1.82) is 0 Å². The van der Waals surface area contributed by atoms with Crippen LogP contribution in [0.5, 0.6) is 0 Å². The van der Waals surface area contributed by atoms with Crippen LogP contribution in [0.3, 0.4) is 0 Å². The molecule has 0 saturated carbocycles. The minimum atomic E-state index is -0.605. The molecule has 1 atom stereocenters. The Morgan fingerprint density at radius 2 is 1.69 bits per heavy atom. The van der Waals surface area contributed by atoms with Gasteiger partial charge in [0.2, 0.25) is 5.91 Å². The van der Waals surface area contributed by atoms with Crippen molar-refractivity contribution in [2.24, 2.45) is 11.3 Å². The highest BCUT2D eigenvalue weighted by atomic mass is 16.6. The van der Waals surface area contributed by atoms with E-state index in [1.807, 2.05) is 50.8 Å². The van der Waals surface area contributed by atoms with Gasteiger partial charge in [-0.1, -0.05) is 65.8 Å². The van der Waals surface area contributed by atoms with Gasteiger partial charge in [-0.05, 0) is 48.4 Å². The molecule has 0 aromatic heterocycles. The number of amides is 1. The number of carbonyl (C=O) groups excluding carboxylic acids is 2. The van der Waals surface area contributed by atoms with Crippen LogP contribution >= 0.6 is 0 Å². The molecule has 0 fully saturated rings. The van der Waals surface area contributed by atoms with E-state index < -0.39 is 16.3 Å². The molecular formula is C28H38N2O5. The van der Waals surface area contributed by atoms with Crippen molar-refractivity contribution in [2.45, 2.75) is 67.2 Å². The molecule has 0 spiro atoms. The highest BCUT2D eigenvalue weighted by Gasteiger charge is 2.31. The number of esters is 1. The van der Waals surface area contributed by atoms with E-state index in [4.69, 9.17) is 4.74 Å². The molecule has 1 amide bonds. The van der Waals surface area contributed by atoms with Gasteiger partial charge < -0.3 is 9.64 Å². The fourth-order valence-corrected chi connectivity index (χ4v) is 3.98. The minimum absolute atomic E-state index is 0.000963. The third-order valence-electron chi connectivity index (χ3n) is 5.78. The average Bonchev–Trinajstić information content (AvgIpc) is 2.79. The fraction of sp³-hybridized carbons (Fsp3) is 0.500. The molecule has 7 heteroatoms. The predicted molar refractivity (Wildman–Crippen MR) is 139 cm³/mol. The number of benzene rings is 2. The molecule has 0 N–H and O–H groups in total. The van der Waals surface area contributed by atoms with Gasteiger partial charge in [-0.2, -0.15) is 0 Å². The number of carbonyl (C=O) groups is 2. The molecule has 0 saturated heterocycles. The standard InChI is InChI=1S/C28H38N2O5/c1-8-21-12-13-22(17-25(21)29(18-19(3)4)27(32)28(5,6)7)24(26(31)35-9-2)16-20-10-14-23(15-11-20)30(33)34/h10-15,17,19,24H,8-9,16,18H2,1-7H3. The number of rotatable bonds is 10. The van der Waals surface area contributed by atoms with E-state index in [1.165, 1.54) is 12.1 Å². The topological polar surface area (TPSA) is 89.8 Å². The molecule has 35 heavy (non-hydrogen) atoms. The zero-order valence-electron chi connectivity index (χ0n) is 22.0. The molecule has 0 radical (unpaired) electrons. The van der Waals surface area contributed by atoms with Gasteiger partial charge in [-0.25, -0.2) is 0 Å². The maximum Gasteiger partial charge on any atom is 0.313 e. The number of nitro benzene ring substituents is 1. The molecular weight excluding hydrogens is 444 g/mol. The number of hydrogen-bond donors (Lipinski definition) is 0. The van der Waals surface area contributed by atoms with Gasteiger partial charge in [0.15, 0.2) is 0 Å². The third-order valence-corrected chi connectivity index (χ3v) is 5.78. The van der Waals surface area contributed by atoms with Crippen molar-refractivity contribution < 1.29 is 19.2 Å². The molecule has 1 unspecified atom stereocenters. The van der Waals surface area contributed by atoms with Crippen molar-refractivity contribution in [3.63, 3.8) is 0 Å². The van der Waals surface area contributed by atoms with Gasteiger partial charge in [0.25, 0.3) is 5.69 Å². The number of ether oxygens (including phenoxy) is 1. The van der Waals surface area contributed by atoms with Gasteiger partial charge in [-0.15, -0.1) is 0 Å². The lowest BCUT2D eigenvalue weighted by Crippen LogP contribution is -2.42. The molecule has 2 rings (SSSR count). The van der Waals surface area contributed by atoms with Crippen LogP contribution in [0, 0.1) is 21.4 Å². The Morgan fingerprint density at radius 3 is 2.17 bits per heavy atom. The summed E-state index contributed by atoms with van der Waals surface area (Å²) in [6.45, 7) is 14.5. The minimum Gasteiger partial charge on any atom is -0.466 e. The summed E-state index contributed by atoms with van der Waals surface area (Å²) in [6.07, 6.45) is 1.08. The number of hydrogen-bond acceptors (Lipinski definition) is 5. The summed E-state index contributed by atoms with van der Waals surface area (Å²) in [5, 5.41) is 11.0. The second-order valence-corrected chi connectivity index (χ2v) is 10.2. The second kappa shape index (κ2) is 12.0. The van der Waals surface area contributed by atoms with Crippen LogP contribution in [0.15, 0.2) is 42.5 Å². The van der Waals surface area contributed by atoms with E-state index >= 15 is 0 Å². The molecule has 0 aliphatic heterocycles. The Kier molecular flexibility index (Phi) is 9.57. The summed E-state index contributed by atoms with van der Waals surface area (Å²) in [5.41, 5.74) is 2.83. The zero-order valence-corrected chi connectivity index (χ0v) is 22.0. The van der Waals surface area contributed by atoms with E-state index in [2.05, 4.69) is 13.8 Å². The first-order valence-electron chi connectivity index (χ1n) is 12.2. The first-order valence-corrected chi connectivity index (χ1v) is 12.2. The zero-order chi connectivity index (χ0) is 26.3. The van der Waals surface area contributed by atoms with Crippen LogP contribution in [0.1, 0.15) is 71.1 Å². The summed E-state index contributed by atoms with van der Waals surface area (Å²) in [7, 11) is 0. The SMILES string of the molecule is CCOC(=O)C(Cc1ccc([N+](=O)[O-])cc1)c1ccc(CC)c(N(CC(C)C)C(=O)C(C)(C)C)c1. The van der Waals surface area contributed by atoms with Crippen molar-refractivity contribution >= 4 is 23.3 Å². The number of non-ortho nitro benzene ring substituents is 1. The van der Waals surface area contributed by atoms with E-state index in [1.54, 1.807) is 19.1 Å². The summed E-state index contributed by atoms with van der Waals surface area (Å²) in [4.78, 5) is 38.9. The molecule has 190 valence electrons. The number of nitrogens with zero attached hydrogens (tertiary/aromatic N) is 2. The Hall–Kier alpha value is -3.22. The quantitative estimate of drug-likeness (QED) is 0.232. The van der Waals surface area contributed by atoms with E-state index in [0.717, 1.165) is 28.8 Å². The monoisotopic (exact) mass is 482 g/mol. The van der Waals surface area contributed by atoms with Gasteiger partial charge in [0, 0.05) is 29.8 Å². The van der Waals surface area contributed by atoms with Crippen LogP contribution < -0.4 is 4.90 Å². The smallest absolute Gasteiger partial charge is 0.313 e. The van der Waals surface area contributed by atoms with Crippen molar-refractivity contribution in [2.75, 3.05) is 18.1 Å².